The summed E-state index contributed by atoms with van der Waals surface area (Å²) in [6.07, 6.45) is 2.27. The molecule has 1 unspecified atom stereocenters. The molecule has 2 heterocycles. The van der Waals surface area contributed by atoms with Crippen molar-refractivity contribution >= 4 is 23.5 Å². The van der Waals surface area contributed by atoms with Crippen molar-refractivity contribution in [1.82, 2.24) is 19.6 Å². The SMILES string of the molecule is CCCc1cc(=O)[nH]c2nnc(SC(CC)C(=O)OCC)n12. The van der Waals surface area contributed by atoms with Crippen LogP contribution in [-0.2, 0) is 16.0 Å². The molecule has 0 fully saturated rings. The van der Waals surface area contributed by atoms with Crippen molar-refractivity contribution in [2.24, 2.45) is 0 Å². The summed E-state index contributed by atoms with van der Waals surface area (Å²) in [5.41, 5.74) is 0.643. The Labute approximate surface area is 132 Å². The molecule has 0 aliphatic carbocycles. The highest BCUT2D eigenvalue weighted by atomic mass is 32.2. The molecule has 0 aliphatic heterocycles. The molecule has 22 heavy (non-hydrogen) atoms. The summed E-state index contributed by atoms with van der Waals surface area (Å²) in [6.45, 7) is 6.10. The average Bonchev–Trinajstić information content (AvgIpc) is 2.88. The first-order valence-electron chi connectivity index (χ1n) is 7.41. The zero-order chi connectivity index (χ0) is 16.1. The monoisotopic (exact) mass is 324 g/mol. The lowest BCUT2D eigenvalue weighted by Crippen LogP contribution is -2.20. The Bertz CT molecular complexity index is 710. The van der Waals surface area contributed by atoms with E-state index in [1.807, 2.05) is 13.8 Å². The van der Waals surface area contributed by atoms with E-state index in [0.717, 1.165) is 18.5 Å². The molecule has 0 aliphatic rings. The molecule has 0 spiro atoms. The molecule has 2 rings (SSSR count). The maximum Gasteiger partial charge on any atom is 0.319 e. The molecule has 0 saturated heterocycles. The average molecular weight is 324 g/mol. The minimum Gasteiger partial charge on any atom is -0.465 e. The molecule has 8 heteroatoms. The Morgan fingerprint density at radius 3 is 2.82 bits per heavy atom. The normalized spacial score (nSPS) is 12.5. The van der Waals surface area contributed by atoms with Crippen LogP contribution in [0, 0.1) is 0 Å². The number of fused-ring (bicyclic) bond motifs is 1. The van der Waals surface area contributed by atoms with Gasteiger partial charge < -0.3 is 4.74 Å². The van der Waals surface area contributed by atoms with Gasteiger partial charge in [0, 0.05) is 11.8 Å². The van der Waals surface area contributed by atoms with Gasteiger partial charge in [0.1, 0.15) is 5.25 Å². The Hall–Kier alpha value is -1.83. The van der Waals surface area contributed by atoms with Crippen molar-refractivity contribution in [1.29, 1.82) is 0 Å². The van der Waals surface area contributed by atoms with Gasteiger partial charge in [-0.05, 0) is 19.8 Å². The molecule has 7 nitrogen and oxygen atoms in total. The molecule has 120 valence electrons. The van der Waals surface area contributed by atoms with Gasteiger partial charge in [-0.3, -0.25) is 19.0 Å². The zero-order valence-corrected chi connectivity index (χ0v) is 13.8. The molecule has 1 atom stereocenters. The zero-order valence-electron chi connectivity index (χ0n) is 13.0. The van der Waals surface area contributed by atoms with Gasteiger partial charge in [0.05, 0.1) is 6.61 Å². The summed E-state index contributed by atoms with van der Waals surface area (Å²) in [7, 11) is 0. The van der Waals surface area contributed by atoms with E-state index in [2.05, 4.69) is 15.2 Å². The summed E-state index contributed by atoms with van der Waals surface area (Å²) in [5.74, 6) is 0.144. The highest BCUT2D eigenvalue weighted by Gasteiger charge is 2.23. The van der Waals surface area contributed by atoms with Crippen molar-refractivity contribution in [3.8, 4) is 0 Å². The number of thioether (sulfide) groups is 1. The van der Waals surface area contributed by atoms with Gasteiger partial charge in [0.25, 0.3) is 5.56 Å². The molecule has 0 amide bonds. The van der Waals surface area contributed by atoms with E-state index in [4.69, 9.17) is 4.74 Å². The lowest BCUT2D eigenvalue weighted by Gasteiger charge is -2.12. The van der Waals surface area contributed by atoms with Gasteiger partial charge in [-0.1, -0.05) is 32.0 Å². The van der Waals surface area contributed by atoms with E-state index < -0.39 is 0 Å². The van der Waals surface area contributed by atoms with Gasteiger partial charge in [-0.15, -0.1) is 10.2 Å². The number of ether oxygens (including phenoxy) is 1. The fourth-order valence-electron chi connectivity index (χ4n) is 2.15. The van der Waals surface area contributed by atoms with Crippen molar-refractivity contribution in [3.63, 3.8) is 0 Å². The van der Waals surface area contributed by atoms with E-state index in [1.165, 1.54) is 11.8 Å². The Morgan fingerprint density at radius 2 is 2.18 bits per heavy atom. The highest BCUT2D eigenvalue weighted by Crippen LogP contribution is 2.25. The van der Waals surface area contributed by atoms with Crippen LogP contribution in [-0.4, -0.2) is 37.4 Å². The molecule has 2 aromatic heterocycles. The van der Waals surface area contributed by atoms with E-state index in [-0.39, 0.29) is 16.8 Å². The summed E-state index contributed by atoms with van der Waals surface area (Å²) in [5, 5.41) is 8.36. The van der Waals surface area contributed by atoms with Crippen molar-refractivity contribution in [2.45, 2.75) is 50.4 Å². The number of rotatable bonds is 7. The van der Waals surface area contributed by atoms with Gasteiger partial charge in [0.15, 0.2) is 5.16 Å². The molecular formula is C14H20N4O3S. The summed E-state index contributed by atoms with van der Waals surface area (Å²) >= 11 is 1.31. The second-order valence-corrected chi connectivity index (χ2v) is 5.95. The topological polar surface area (TPSA) is 89.4 Å². The maximum absolute atomic E-state index is 11.9. The number of aromatic nitrogens is 4. The summed E-state index contributed by atoms with van der Waals surface area (Å²) < 4.78 is 6.88. The first kappa shape index (κ1) is 16.5. The number of aryl methyl sites for hydroxylation is 1. The number of carbonyl (C=O) groups excluding carboxylic acids is 1. The number of hydrogen-bond acceptors (Lipinski definition) is 6. The van der Waals surface area contributed by atoms with Crippen LogP contribution in [0.15, 0.2) is 16.0 Å². The fourth-order valence-corrected chi connectivity index (χ4v) is 3.13. The Balaban J connectivity index is 2.39. The number of nitrogens with one attached hydrogen (secondary N) is 1. The van der Waals surface area contributed by atoms with Crippen molar-refractivity contribution < 1.29 is 9.53 Å². The predicted molar refractivity (Wildman–Crippen MR) is 84.2 cm³/mol. The lowest BCUT2D eigenvalue weighted by atomic mass is 10.2. The lowest BCUT2D eigenvalue weighted by molar-refractivity contribution is -0.142. The Morgan fingerprint density at radius 1 is 1.41 bits per heavy atom. The van der Waals surface area contributed by atoms with Gasteiger partial charge in [-0.2, -0.15) is 0 Å². The van der Waals surface area contributed by atoms with Crippen LogP contribution in [0.1, 0.15) is 39.3 Å². The fraction of sp³-hybridized carbons (Fsp3) is 0.571. The van der Waals surface area contributed by atoms with Gasteiger partial charge in [0.2, 0.25) is 5.78 Å². The van der Waals surface area contributed by atoms with Crippen molar-refractivity contribution in [2.75, 3.05) is 6.61 Å². The summed E-state index contributed by atoms with van der Waals surface area (Å²) in [4.78, 5) is 26.2. The minimum atomic E-state index is -0.339. The van der Waals surface area contributed by atoms with Crippen LogP contribution in [0.5, 0.6) is 0 Å². The van der Waals surface area contributed by atoms with Crippen LogP contribution in [0.25, 0.3) is 5.78 Å². The quantitative estimate of drug-likeness (QED) is 0.617. The third-order valence-electron chi connectivity index (χ3n) is 3.13. The van der Waals surface area contributed by atoms with Crippen molar-refractivity contribution in [3.05, 3.63) is 22.1 Å². The second-order valence-electron chi connectivity index (χ2n) is 4.78. The number of carbonyl (C=O) groups is 1. The van der Waals surface area contributed by atoms with E-state index in [1.54, 1.807) is 17.4 Å². The third-order valence-corrected chi connectivity index (χ3v) is 4.41. The summed E-state index contributed by atoms with van der Waals surface area (Å²) in [6, 6.07) is 1.55. The molecule has 0 aromatic carbocycles. The highest BCUT2D eigenvalue weighted by molar-refractivity contribution is 8.00. The van der Waals surface area contributed by atoms with Crippen LogP contribution >= 0.6 is 11.8 Å². The molecule has 0 saturated carbocycles. The predicted octanol–water partition coefficient (Wildman–Crippen LogP) is 1.80. The van der Waals surface area contributed by atoms with Crippen LogP contribution in [0.2, 0.25) is 0 Å². The third kappa shape index (κ3) is 3.49. The second kappa shape index (κ2) is 7.44. The minimum absolute atomic E-state index is 0.197. The smallest absolute Gasteiger partial charge is 0.319 e. The maximum atomic E-state index is 11.9. The molecular weight excluding hydrogens is 304 g/mol. The van der Waals surface area contributed by atoms with E-state index in [9.17, 15) is 9.59 Å². The first-order valence-corrected chi connectivity index (χ1v) is 8.29. The molecule has 1 N–H and O–H groups in total. The standard InChI is InChI=1S/C14H20N4O3S/c1-4-7-9-8-11(19)15-13-16-17-14(18(9)13)22-10(5-2)12(20)21-6-3/h8,10H,4-7H2,1-3H3,(H,15,16,19). The Kier molecular flexibility index (Phi) is 5.59. The van der Waals surface area contributed by atoms with Crippen LogP contribution < -0.4 is 5.56 Å². The number of hydrogen-bond donors (Lipinski definition) is 1. The number of aromatic amines is 1. The first-order chi connectivity index (χ1) is 10.6. The van der Waals surface area contributed by atoms with E-state index in [0.29, 0.717) is 24.0 Å². The van der Waals surface area contributed by atoms with Gasteiger partial charge in [-0.25, -0.2) is 0 Å². The molecule has 0 bridgehead atoms. The van der Waals surface area contributed by atoms with Crippen LogP contribution in [0.4, 0.5) is 0 Å². The molecule has 2 aromatic rings. The molecule has 0 radical (unpaired) electrons. The van der Waals surface area contributed by atoms with Gasteiger partial charge >= 0.3 is 5.97 Å². The number of H-pyrrole nitrogens is 1. The number of esters is 1. The largest absolute Gasteiger partial charge is 0.465 e. The van der Waals surface area contributed by atoms with E-state index >= 15 is 0 Å². The van der Waals surface area contributed by atoms with Crippen LogP contribution in [0.3, 0.4) is 0 Å². The number of nitrogens with zero attached hydrogens (tertiary/aromatic N) is 3.